The maximum absolute atomic E-state index is 12.2. The SMILES string of the molecule is COc1c(/C(C)=C/C(=O)NCc2ccco2)cc2c(C)coc2c1C. The van der Waals surface area contributed by atoms with Gasteiger partial charge < -0.3 is 18.9 Å². The number of carbonyl (C=O) groups excluding carboxylic acids is 1. The molecule has 1 amide bonds. The molecule has 5 heteroatoms. The lowest BCUT2D eigenvalue weighted by atomic mass is 9.98. The van der Waals surface area contributed by atoms with E-state index in [-0.39, 0.29) is 5.91 Å². The van der Waals surface area contributed by atoms with E-state index in [9.17, 15) is 4.79 Å². The topological polar surface area (TPSA) is 64.6 Å². The highest BCUT2D eigenvalue weighted by molar-refractivity contribution is 5.98. The number of hydrogen-bond acceptors (Lipinski definition) is 4. The van der Waals surface area contributed by atoms with Crippen molar-refractivity contribution in [1.29, 1.82) is 0 Å². The summed E-state index contributed by atoms with van der Waals surface area (Å²) in [6.07, 6.45) is 4.89. The number of nitrogens with one attached hydrogen (secondary N) is 1. The molecule has 0 saturated carbocycles. The third kappa shape index (κ3) is 3.31. The van der Waals surface area contributed by atoms with Gasteiger partial charge in [0.1, 0.15) is 17.1 Å². The van der Waals surface area contributed by atoms with Crippen molar-refractivity contribution >= 4 is 22.4 Å². The van der Waals surface area contributed by atoms with Gasteiger partial charge in [-0.15, -0.1) is 0 Å². The van der Waals surface area contributed by atoms with E-state index in [0.29, 0.717) is 12.3 Å². The first kappa shape index (κ1) is 16.9. The van der Waals surface area contributed by atoms with Gasteiger partial charge in [0.2, 0.25) is 5.91 Å². The van der Waals surface area contributed by atoms with Gasteiger partial charge in [-0.25, -0.2) is 0 Å². The van der Waals surface area contributed by atoms with Crippen molar-refractivity contribution in [3.8, 4) is 5.75 Å². The molecule has 0 spiro atoms. The summed E-state index contributed by atoms with van der Waals surface area (Å²) in [5, 5.41) is 3.84. The predicted octanol–water partition coefficient (Wildman–Crippen LogP) is 4.37. The molecular formula is C20H21NO4. The van der Waals surface area contributed by atoms with Gasteiger partial charge >= 0.3 is 0 Å². The number of benzene rings is 1. The maximum Gasteiger partial charge on any atom is 0.244 e. The minimum absolute atomic E-state index is 0.183. The monoisotopic (exact) mass is 339 g/mol. The molecule has 0 unspecified atom stereocenters. The number of methoxy groups -OCH3 is 1. The fourth-order valence-electron chi connectivity index (χ4n) is 2.91. The molecule has 1 aromatic carbocycles. The molecule has 0 aliphatic heterocycles. The van der Waals surface area contributed by atoms with E-state index in [1.165, 1.54) is 0 Å². The number of amides is 1. The Morgan fingerprint density at radius 2 is 2.12 bits per heavy atom. The molecule has 25 heavy (non-hydrogen) atoms. The first-order valence-corrected chi connectivity index (χ1v) is 8.05. The summed E-state index contributed by atoms with van der Waals surface area (Å²) in [6, 6.07) is 5.61. The Hall–Kier alpha value is -2.95. The molecule has 0 aliphatic rings. The number of aryl methyl sites for hydroxylation is 2. The molecule has 2 heterocycles. The first-order valence-electron chi connectivity index (χ1n) is 8.05. The van der Waals surface area contributed by atoms with Crippen LogP contribution < -0.4 is 10.1 Å². The van der Waals surface area contributed by atoms with E-state index in [4.69, 9.17) is 13.6 Å². The Morgan fingerprint density at radius 3 is 2.80 bits per heavy atom. The zero-order chi connectivity index (χ0) is 18.0. The second-order valence-corrected chi connectivity index (χ2v) is 6.00. The normalized spacial score (nSPS) is 11.8. The quantitative estimate of drug-likeness (QED) is 0.701. The van der Waals surface area contributed by atoms with Crippen LogP contribution in [0.15, 0.2) is 45.6 Å². The second-order valence-electron chi connectivity index (χ2n) is 6.00. The van der Waals surface area contributed by atoms with Crippen LogP contribution in [0.5, 0.6) is 5.75 Å². The van der Waals surface area contributed by atoms with Crippen LogP contribution in [0, 0.1) is 13.8 Å². The summed E-state index contributed by atoms with van der Waals surface area (Å²) < 4.78 is 16.4. The number of ether oxygens (including phenoxy) is 1. The third-order valence-electron chi connectivity index (χ3n) is 4.23. The molecule has 130 valence electrons. The Bertz CT molecular complexity index is 932. The lowest BCUT2D eigenvalue weighted by molar-refractivity contribution is -0.116. The zero-order valence-electron chi connectivity index (χ0n) is 14.8. The Morgan fingerprint density at radius 1 is 1.32 bits per heavy atom. The molecule has 0 bridgehead atoms. The standard InChI is InChI=1S/C20H21NO4/c1-12(8-18(22)21-10-15-6-5-7-24-15)16-9-17-13(2)11-25-20(17)14(3)19(16)23-4/h5-9,11H,10H2,1-4H3,(H,21,22)/b12-8+. The molecule has 0 atom stereocenters. The highest BCUT2D eigenvalue weighted by Crippen LogP contribution is 2.37. The minimum Gasteiger partial charge on any atom is -0.496 e. The Labute approximate surface area is 146 Å². The van der Waals surface area contributed by atoms with E-state index in [2.05, 4.69) is 5.32 Å². The van der Waals surface area contributed by atoms with Crippen LogP contribution in [0.25, 0.3) is 16.5 Å². The smallest absolute Gasteiger partial charge is 0.244 e. The van der Waals surface area contributed by atoms with Crippen LogP contribution in [0.2, 0.25) is 0 Å². The fraction of sp³-hybridized carbons (Fsp3) is 0.250. The zero-order valence-corrected chi connectivity index (χ0v) is 14.8. The van der Waals surface area contributed by atoms with Gasteiger partial charge in [0.15, 0.2) is 0 Å². The van der Waals surface area contributed by atoms with E-state index >= 15 is 0 Å². The van der Waals surface area contributed by atoms with Crippen molar-refractivity contribution in [3.63, 3.8) is 0 Å². The highest BCUT2D eigenvalue weighted by Gasteiger charge is 2.16. The molecule has 0 aliphatic carbocycles. The molecular weight excluding hydrogens is 318 g/mol. The van der Waals surface area contributed by atoms with Gasteiger partial charge in [0.05, 0.1) is 26.2 Å². The minimum atomic E-state index is -0.183. The van der Waals surface area contributed by atoms with E-state index in [1.807, 2.05) is 32.9 Å². The molecule has 2 aromatic heterocycles. The van der Waals surface area contributed by atoms with Gasteiger partial charge in [0, 0.05) is 22.6 Å². The maximum atomic E-state index is 12.2. The molecule has 5 nitrogen and oxygen atoms in total. The fourth-order valence-corrected chi connectivity index (χ4v) is 2.91. The van der Waals surface area contributed by atoms with Crippen LogP contribution in [-0.4, -0.2) is 13.0 Å². The average Bonchev–Trinajstić information content (AvgIpc) is 3.23. The number of hydrogen-bond donors (Lipinski definition) is 1. The van der Waals surface area contributed by atoms with Crippen molar-refractivity contribution in [3.05, 3.63) is 59.3 Å². The van der Waals surface area contributed by atoms with E-state index < -0.39 is 0 Å². The highest BCUT2D eigenvalue weighted by atomic mass is 16.5. The van der Waals surface area contributed by atoms with Crippen molar-refractivity contribution in [2.24, 2.45) is 0 Å². The lowest BCUT2D eigenvalue weighted by Gasteiger charge is -2.13. The Kier molecular flexibility index (Phi) is 4.65. The van der Waals surface area contributed by atoms with Crippen molar-refractivity contribution < 1.29 is 18.4 Å². The van der Waals surface area contributed by atoms with Crippen LogP contribution in [0.1, 0.15) is 29.4 Å². The molecule has 0 saturated heterocycles. The van der Waals surface area contributed by atoms with Gasteiger partial charge in [-0.1, -0.05) is 0 Å². The molecule has 3 aromatic rings. The number of carbonyl (C=O) groups is 1. The summed E-state index contributed by atoms with van der Waals surface area (Å²) in [4.78, 5) is 12.2. The largest absolute Gasteiger partial charge is 0.496 e. The predicted molar refractivity (Wildman–Crippen MR) is 96.4 cm³/mol. The Balaban J connectivity index is 1.91. The molecule has 1 N–H and O–H groups in total. The molecule has 3 rings (SSSR count). The van der Waals surface area contributed by atoms with Gasteiger partial charge in [-0.3, -0.25) is 4.79 Å². The number of rotatable bonds is 5. The van der Waals surface area contributed by atoms with Crippen LogP contribution in [-0.2, 0) is 11.3 Å². The number of fused-ring (bicyclic) bond motifs is 1. The van der Waals surface area contributed by atoms with Crippen LogP contribution >= 0.6 is 0 Å². The van der Waals surface area contributed by atoms with Crippen molar-refractivity contribution in [1.82, 2.24) is 5.32 Å². The first-order chi connectivity index (χ1) is 12.0. The third-order valence-corrected chi connectivity index (χ3v) is 4.23. The van der Waals surface area contributed by atoms with Gasteiger partial charge in [0.25, 0.3) is 0 Å². The van der Waals surface area contributed by atoms with Crippen molar-refractivity contribution in [2.45, 2.75) is 27.3 Å². The summed E-state index contributed by atoms with van der Waals surface area (Å²) in [7, 11) is 1.62. The number of furan rings is 2. The summed E-state index contributed by atoms with van der Waals surface area (Å²) >= 11 is 0. The average molecular weight is 339 g/mol. The van der Waals surface area contributed by atoms with Gasteiger partial charge in [-0.2, -0.15) is 0 Å². The van der Waals surface area contributed by atoms with Gasteiger partial charge in [-0.05, 0) is 50.1 Å². The molecule has 0 fully saturated rings. The van der Waals surface area contributed by atoms with E-state index in [1.54, 1.807) is 31.8 Å². The summed E-state index contributed by atoms with van der Waals surface area (Å²) in [5.41, 5.74) is 4.49. The van der Waals surface area contributed by atoms with Crippen molar-refractivity contribution in [2.75, 3.05) is 7.11 Å². The summed E-state index contributed by atoms with van der Waals surface area (Å²) in [5.74, 6) is 1.25. The second kappa shape index (κ2) is 6.89. The lowest BCUT2D eigenvalue weighted by Crippen LogP contribution is -2.20. The summed E-state index contributed by atoms with van der Waals surface area (Å²) in [6.45, 7) is 6.20. The van der Waals surface area contributed by atoms with Crippen LogP contribution in [0.3, 0.4) is 0 Å². The van der Waals surface area contributed by atoms with Crippen LogP contribution in [0.4, 0.5) is 0 Å². The number of allylic oxidation sites excluding steroid dienone is 1. The van der Waals surface area contributed by atoms with E-state index in [0.717, 1.165) is 39.0 Å². The molecule has 0 radical (unpaired) electrons.